The van der Waals surface area contributed by atoms with Crippen LogP contribution < -0.4 is 0 Å². The van der Waals surface area contributed by atoms with Crippen molar-refractivity contribution in [1.29, 1.82) is 0 Å². The van der Waals surface area contributed by atoms with Crippen LogP contribution in [0.15, 0.2) is 60.0 Å². The number of piperazine rings is 1. The van der Waals surface area contributed by atoms with Crippen molar-refractivity contribution in [3.8, 4) is 0 Å². The first-order chi connectivity index (χ1) is 13.3. The van der Waals surface area contributed by atoms with Crippen LogP contribution in [0.4, 0.5) is 4.39 Å². The van der Waals surface area contributed by atoms with E-state index >= 15 is 0 Å². The van der Waals surface area contributed by atoms with E-state index in [4.69, 9.17) is 0 Å². The van der Waals surface area contributed by atoms with Crippen LogP contribution >= 0.6 is 0 Å². The highest BCUT2D eigenvalue weighted by Gasteiger charge is 2.31. The van der Waals surface area contributed by atoms with E-state index in [1.165, 1.54) is 32.9 Å². The largest absolute Gasteiger partial charge is 0.236 e. The molecule has 2 aromatic rings. The van der Waals surface area contributed by atoms with Crippen molar-refractivity contribution >= 4 is 26.1 Å². The number of rotatable bonds is 6. The minimum absolute atomic E-state index is 0.0655. The predicted molar refractivity (Wildman–Crippen MR) is 107 cm³/mol. The van der Waals surface area contributed by atoms with Gasteiger partial charge >= 0.3 is 0 Å². The monoisotopic (exact) mass is 424 g/mol. The fourth-order valence-corrected chi connectivity index (χ4v) is 5.62. The normalized spacial score (nSPS) is 17.2. The quantitative estimate of drug-likeness (QED) is 0.713. The van der Waals surface area contributed by atoms with Crippen LogP contribution in [0, 0.1) is 5.82 Å². The summed E-state index contributed by atoms with van der Waals surface area (Å²) in [5.74, 6) is -0.806. The van der Waals surface area contributed by atoms with Gasteiger partial charge in [-0.2, -0.15) is 8.61 Å². The van der Waals surface area contributed by atoms with Crippen molar-refractivity contribution in [1.82, 2.24) is 8.61 Å². The van der Waals surface area contributed by atoms with Crippen LogP contribution in [0.1, 0.15) is 11.1 Å². The Morgan fingerprint density at radius 1 is 0.857 bits per heavy atom. The smallest absolute Gasteiger partial charge is 0.212 e. The Labute approximate surface area is 165 Å². The van der Waals surface area contributed by atoms with Gasteiger partial charge in [0.05, 0.1) is 5.75 Å². The van der Waals surface area contributed by atoms with Crippen LogP contribution in [0.5, 0.6) is 0 Å². The lowest BCUT2D eigenvalue weighted by Crippen LogP contribution is -2.50. The van der Waals surface area contributed by atoms with Gasteiger partial charge in [-0.15, -0.1) is 0 Å². The molecule has 0 spiro atoms. The van der Waals surface area contributed by atoms with Gasteiger partial charge in [-0.1, -0.05) is 42.5 Å². The van der Waals surface area contributed by atoms with E-state index in [0.717, 1.165) is 11.0 Å². The third kappa shape index (κ3) is 5.26. The number of sulfonamides is 2. The molecule has 0 unspecified atom stereocenters. The molecule has 6 nitrogen and oxygen atoms in total. The zero-order valence-electron chi connectivity index (χ0n) is 15.1. The number of hydrogen-bond acceptors (Lipinski definition) is 4. The molecular weight excluding hydrogens is 403 g/mol. The summed E-state index contributed by atoms with van der Waals surface area (Å²) < 4.78 is 65.8. The molecule has 3 rings (SSSR count). The molecule has 0 saturated carbocycles. The van der Waals surface area contributed by atoms with Crippen LogP contribution in [-0.2, 0) is 25.8 Å². The average Bonchev–Trinajstić information content (AvgIpc) is 2.67. The molecule has 2 aromatic carbocycles. The van der Waals surface area contributed by atoms with E-state index in [1.807, 2.05) is 18.2 Å². The van der Waals surface area contributed by atoms with E-state index in [-0.39, 0.29) is 31.9 Å². The highest BCUT2D eigenvalue weighted by atomic mass is 32.2. The SMILES string of the molecule is O=S(=O)(/C=C/c1ccccc1)N1CCN(S(=O)(=O)Cc2cccc(F)c2)CC1. The summed E-state index contributed by atoms with van der Waals surface area (Å²) in [5.41, 5.74) is 1.13. The second-order valence-corrected chi connectivity index (χ2v) is 10.2. The van der Waals surface area contributed by atoms with Crippen LogP contribution in [0.25, 0.3) is 6.08 Å². The molecule has 1 heterocycles. The molecule has 0 bridgehead atoms. The first kappa shape index (κ1) is 20.7. The molecule has 28 heavy (non-hydrogen) atoms. The van der Waals surface area contributed by atoms with Crippen molar-refractivity contribution in [2.45, 2.75) is 5.75 Å². The Bertz CT molecular complexity index is 1050. The van der Waals surface area contributed by atoms with Crippen LogP contribution in [0.2, 0.25) is 0 Å². The average molecular weight is 425 g/mol. The standard InChI is InChI=1S/C19H21FN2O4S2/c20-19-8-4-7-18(15-19)16-28(25,26)22-12-10-21(11-13-22)27(23,24)14-9-17-5-2-1-3-6-17/h1-9,14-15H,10-13,16H2/b14-9+. The maximum absolute atomic E-state index is 13.3. The van der Waals surface area contributed by atoms with Gasteiger partial charge in [-0.3, -0.25) is 0 Å². The Kier molecular flexibility index (Phi) is 6.29. The summed E-state index contributed by atoms with van der Waals surface area (Å²) in [7, 11) is -7.28. The Balaban J connectivity index is 1.62. The topological polar surface area (TPSA) is 74.8 Å². The zero-order chi connectivity index (χ0) is 20.2. The first-order valence-electron chi connectivity index (χ1n) is 8.72. The van der Waals surface area contributed by atoms with Crippen molar-refractivity contribution in [3.05, 3.63) is 76.9 Å². The van der Waals surface area contributed by atoms with Crippen molar-refractivity contribution in [2.75, 3.05) is 26.2 Å². The number of nitrogens with zero attached hydrogens (tertiary/aromatic N) is 2. The number of hydrogen-bond donors (Lipinski definition) is 0. The third-order valence-corrected chi connectivity index (χ3v) is 7.84. The second kappa shape index (κ2) is 8.52. The molecule has 1 saturated heterocycles. The van der Waals surface area contributed by atoms with Gasteiger partial charge in [-0.05, 0) is 29.3 Å². The molecule has 0 N–H and O–H groups in total. The lowest BCUT2D eigenvalue weighted by atomic mass is 10.2. The Morgan fingerprint density at radius 2 is 1.50 bits per heavy atom. The molecule has 9 heteroatoms. The summed E-state index contributed by atoms with van der Waals surface area (Å²) in [6.45, 7) is 0.278. The van der Waals surface area contributed by atoms with E-state index in [9.17, 15) is 21.2 Å². The van der Waals surface area contributed by atoms with Crippen molar-refractivity contribution in [2.24, 2.45) is 0 Å². The summed E-state index contributed by atoms with van der Waals surface area (Å²) >= 11 is 0. The van der Waals surface area contributed by atoms with Gasteiger partial charge in [0.15, 0.2) is 0 Å². The van der Waals surface area contributed by atoms with Gasteiger partial charge in [-0.25, -0.2) is 21.2 Å². The minimum atomic E-state index is -3.65. The first-order valence-corrected chi connectivity index (χ1v) is 11.8. The summed E-state index contributed by atoms with van der Waals surface area (Å²) in [5, 5.41) is 1.14. The van der Waals surface area contributed by atoms with E-state index in [0.29, 0.717) is 5.56 Å². The van der Waals surface area contributed by atoms with E-state index in [2.05, 4.69) is 0 Å². The lowest BCUT2D eigenvalue weighted by Gasteiger charge is -2.32. The molecule has 0 aliphatic carbocycles. The lowest BCUT2D eigenvalue weighted by molar-refractivity contribution is 0.274. The molecular formula is C19H21FN2O4S2. The van der Waals surface area contributed by atoms with Crippen molar-refractivity contribution in [3.63, 3.8) is 0 Å². The summed E-state index contributed by atoms with van der Waals surface area (Å²) in [6, 6.07) is 14.5. The molecule has 1 aliphatic heterocycles. The highest BCUT2D eigenvalue weighted by molar-refractivity contribution is 7.92. The molecule has 0 atom stereocenters. The third-order valence-electron chi connectivity index (χ3n) is 4.42. The van der Waals surface area contributed by atoms with Crippen molar-refractivity contribution < 1.29 is 21.2 Å². The molecule has 0 radical (unpaired) electrons. The van der Waals surface area contributed by atoms with Gasteiger partial charge in [0, 0.05) is 31.6 Å². The van der Waals surface area contributed by atoms with Crippen LogP contribution in [0.3, 0.4) is 0 Å². The summed E-state index contributed by atoms with van der Waals surface area (Å²) in [6.07, 6.45) is 1.52. The van der Waals surface area contributed by atoms with E-state index < -0.39 is 25.9 Å². The molecule has 1 aliphatic rings. The fraction of sp³-hybridized carbons (Fsp3) is 0.263. The maximum Gasteiger partial charge on any atom is 0.236 e. The highest BCUT2D eigenvalue weighted by Crippen LogP contribution is 2.17. The minimum Gasteiger partial charge on any atom is -0.212 e. The van der Waals surface area contributed by atoms with Gasteiger partial charge in [0.1, 0.15) is 5.82 Å². The van der Waals surface area contributed by atoms with Gasteiger partial charge in [0.25, 0.3) is 0 Å². The number of halogens is 1. The fourth-order valence-electron chi connectivity index (χ4n) is 2.95. The van der Waals surface area contributed by atoms with E-state index in [1.54, 1.807) is 18.2 Å². The Hall–Kier alpha value is -2.07. The maximum atomic E-state index is 13.3. The molecule has 1 fully saturated rings. The predicted octanol–water partition coefficient (Wildman–Crippen LogP) is 2.27. The molecule has 0 aromatic heterocycles. The summed E-state index contributed by atoms with van der Waals surface area (Å²) in [4.78, 5) is 0. The number of benzene rings is 2. The van der Waals surface area contributed by atoms with Gasteiger partial charge in [0.2, 0.25) is 20.0 Å². The van der Waals surface area contributed by atoms with Crippen LogP contribution in [-0.4, -0.2) is 51.6 Å². The molecule has 150 valence electrons. The Morgan fingerprint density at radius 3 is 2.14 bits per heavy atom. The molecule has 0 amide bonds. The second-order valence-electron chi connectivity index (χ2n) is 6.44. The zero-order valence-corrected chi connectivity index (χ0v) is 16.7. The van der Waals surface area contributed by atoms with Gasteiger partial charge < -0.3 is 0 Å².